The molecular formula is C24H35NO5S. The summed E-state index contributed by atoms with van der Waals surface area (Å²) < 4.78 is 31.8. The van der Waals surface area contributed by atoms with Crippen LogP contribution in [0.25, 0.3) is 0 Å². The van der Waals surface area contributed by atoms with Crippen molar-refractivity contribution < 1.29 is 23.2 Å². The molecule has 2 saturated heterocycles. The summed E-state index contributed by atoms with van der Waals surface area (Å²) in [6, 6.07) is 9.34. The molecule has 0 saturated carbocycles. The third kappa shape index (κ3) is 6.18. The molecule has 1 aromatic carbocycles. The van der Waals surface area contributed by atoms with E-state index in [0.717, 1.165) is 31.2 Å². The van der Waals surface area contributed by atoms with Crippen LogP contribution in [0.3, 0.4) is 0 Å². The van der Waals surface area contributed by atoms with E-state index >= 15 is 0 Å². The first-order valence-corrected chi connectivity index (χ1v) is 12.9. The molecule has 0 spiro atoms. The molecule has 31 heavy (non-hydrogen) atoms. The number of hydrogen-bond donors (Lipinski definition) is 1. The summed E-state index contributed by atoms with van der Waals surface area (Å²) in [5.41, 5.74) is 0.200. The first-order valence-electron chi connectivity index (χ1n) is 11.1. The van der Waals surface area contributed by atoms with Crippen molar-refractivity contribution in [2.24, 2.45) is 17.3 Å². The van der Waals surface area contributed by atoms with E-state index in [1.165, 1.54) is 7.05 Å². The fraction of sp³-hybridized carbons (Fsp3) is 0.625. The van der Waals surface area contributed by atoms with Crippen LogP contribution in [0.4, 0.5) is 0 Å². The molecule has 1 N–H and O–H groups in total. The minimum Gasteiger partial charge on any atom is -0.374 e. The van der Waals surface area contributed by atoms with Crippen LogP contribution >= 0.6 is 0 Å². The van der Waals surface area contributed by atoms with E-state index in [1.54, 1.807) is 0 Å². The van der Waals surface area contributed by atoms with Crippen LogP contribution in [-0.2, 0) is 25.1 Å². The zero-order valence-electron chi connectivity index (χ0n) is 18.7. The van der Waals surface area contributed by atoms with Crippen LogP contribution < -0.4 is 0 Å². The molecule has 0 aliphatic carbocycles. The average Bonchev–Trinajstić information content (AvgIpc) is 3.29. The van der Waals surface area contributed by atoms with E-state index in [4.69, 9.17) is 4.74 Å². The Labute approximate surface area is 186 Å². The van der Waals surface area contributed by atoms with Gasteiger partial charge in [-0.15, -0.1) is 0 Å². The van der Waals surface area contributed by atoms with Gasteiger partial charge in [0.05, 0.1) is 23.7 Å². The molecule has 1 aromatic rings. The van der Waals surface area contributed by atoms with Gasteiger partial charge in [0.1, 0.15) is 0 Å². The third-order valence-electron chi connectivity index (χ3n) is 6.65. The van der Waals surface area contributed by atoms with Crippen LogP contribution in [-0.4, -0.2) is 49.6 Å². The predicted molar refractivity (Wildman–Crippen MR) is 120 cm³/mol. The first kappa shape index (κ1) is 24.0. The lowest BCUT2D eigenvalue weighted by Crippen LogP contribution is -2.36. The summed E-state index contributed by atoms with van der Waals surface area (Å²) >= 11 is 0. The number of sulfone groups is 1. The highest BCUT2D eigenvalue weighted by Gasteiger charge is 2.49. The first-order chi connectivity index (χ1) is 14.6. The molecule has 7 heteroatoms. The number of fused-ring (bicyclic) bond motifs is 2. The molecule has 2 bridgehead atoms. The van der Waals surface area contributed by atoms with Crippen molar-refractivity contribution in [1.29, 1.82) is 0 Å². The van der Waals surface area contributed by atoms with Gasteiger partial charge in [-0.25, -0.2) is 13.5 Å². The van der Waals surface area contributed by atoms with E-state index in [0.29, 0.717) is 11.5 Å². The van der Waals surface area contributed by atoms with Gasteiger partial charge in [0.15, 0.2) is 9.84 Å². The van der Waals surface area contributed by atoms with Crippen LogP contribution in [0.2, 0.25) is 0 Å². The zero-order chi connectivity index (χ0) is 22.6. The number of hydroxylamine groups is 2. The fourth-order valence-corrected chi connectivity index (χ4v) is 6.84. The number of rotatable bonds is 10. The summed E-state index contributed by atoms with van der Waals surface area (Å²) in [6.45, 7) is 3.65. The van der Waals surface area contributed by atoms with Gasteiger partial charge in [-0.1, -0.05) is 56.3 Å². The number of benzene rings is 1. The van der Waals surface area contributed by atoms with Crippen LogP contribution in [0, 0.1) is 17.3 Å². The van der Waals surface area contributed by atoms with Crippen LogP contribution in [0.1, 0.15) is 51.5 Å². The maximum atomic E-state index is 12.9. The molecule has 0 unspecified atom stereocenters. The number of amides is 1. The molecule has 2 heterocycles. The van der Waals surface area contributed by atoms with Crippen LogP contribution in [0.15, 0.2) is 42.5 Å². The van der Waals surface area contributed by atoms with E-state index in [1.807, 2.05) is 44.2 Å². The van der Waals surface area contributed by atoms with Gasteiger partial charge in [0.25, 0.3) is 5.91 Å². The van der Waals surface area contributed by atoms with E-state index in [2.05, 4.69) is 12.2 Å². The molecule has 0 radical (unpaired) electrons. The molecule has 3 rings (SSSR count). The fourth-order valence-electron chi connectivity index (χ4n) is 4.97. The van der Waals surface area contributed by atoms with Gasteiger partial charge >= 0.3 is 0 Å². The third-order valence-corrected chi connectivity index (χ3v) is 8.32. The Kier molecular flexibility index (Phi) is 7.60. The van der Waals surface area contributed by atoms with Gasteiger partial charge in [-0.2, -0.15) is 0 Å². The number of nitrogens with zero attached hydrogens (tertiary/aromatic N) is 1. The van der Waals surface area contributed by atoms with E-state index in [9.17, 15) is 18.4 Å². The van der Waals surface area contributed by atoms with Crippen molar-refractivity contribution >= 4 is 15.7 Å². The molecular weight excluding hydrogens is 414 g/mol. The lowest BCUT2D eigenvalue weighted by Gasteiger charge is -2.27. The smallest absolute Gasteiger partial charge is 0.251 e. The van der Waals surface area contributed by atoms with Gasteiger partial charge in [0.2, 0.25) is 0 Å². The predicted octanol–water partition coefficient (Wildman–Crippen LogP) is 4.00. The maximum Gasteiger partial charge on any atom is 0.251 e. The van der Waals surface area contributed by atoms with Crippen molar-refractivity contribution in [2.45, 2.75) is 63.9 Å². The molecule has 0 aromatic heterocycles. The zero-order valence-corrected chi connectivity index (χ0v) is 19.6. The Morgan fingerprint density at radius 1 is 1.16 bits per heavy atom. The highest BCUT2D eigenvalue weighted by molar-refractivity contribution is 7.90. The highest BCUT2D eigenvalue weighted by Crippen LogP contribution is 2.46. The normalized spacial score (nSPS) is 25.9. The second kappa shape index (κ2) is 9.84. The Hall–Kier alpha value is -1.70. The monoisotopic (exact) mass is 449 g/mol. The second-order valence-corrected chi connectivity index (χ2v) is 11.7. The Bertz CT molecular complexity index is 878. The van der Waals surface area contributed by atoms with Gasteiger partial charge in [0, 0.05) is 18.4 Å². The quantitative estimate of drug-likeness (QED) is 0.332. The number of carbonyl (C=O) groups excluding carboxylic acids is 1. The van der Waals surface area contributed by atoms with Gasteiger partial charge in [-0.05, 0) is 43.6 Å². The Morgan fingerprint density at radius 2 is 1.81 bits per heavy atom. The number of hydrogen-bond acceptors (Lipinski definition) is 5. The summed E-state index contributed by atoms with van der Waals surface area (Å²) in [6.07, 6.45) is 8.46. The van der Waals surface area contributed by atoms with Crippen molar-refractivity contribution in [3.05, 3.63) is 48.0 Å². The molecule has 172 valence electrons. The molecule has 6 nitrogen and oxygen atoms in total. The van der Waals surface area contributed by atoms with Crippen molar-refractivity contribution in [2.75, 3.05) is 12.8 Å². The molecule has 4 atom stereocenters. The van der Waals surface area contributed by atoms with Gasteiger partial charge < -0.3 is 4.74 Å². The summed E-state index contributed by atoms with van der Waals surface area (Å²) in [5.74, 6) is 0.210. The van der Waals surface area contributed by atoms with Gasteiger partial charge in [-0.3, -0.25) is 10.0 Å². The number of ether oxygens (including phenoxy) is 1. The summed E-state index contributed by atoms with van der Waals surface area (Å²) in [5, 5.41) is 10.0. The minimum absolute atomic E-state index is 0.0400. The van der Waals surface area contributed by atoms with Crippen LogP contribution in [0.5, 0.6) is 0 Å². The largest absolute Gasteiger partial charge is 0.374 e. The van der Waals surface area contributed by atoms with Crippen molar-refractivity contribution in [1.82, 2.24) is 5.06 Å². The van der Waals surface area contributed by atoms with Crippen molar-refractivity contribution in [3.63, 3.8) is 0 Å². The number of allylic oxidation sites excluding steroid dienone is 2. The molecule has 2 fully saturated rings. The highest BCUT2D eigenvalue weighted by atomic mass is 32.2. The average molecular weight is 450 g/mol. The maximum absolute atomic E-state index is 12.9. The standard InChI is InChI=1S/C24H35NO5S/c1-24(2,23(26)25(3)27)15-9-5-8-12-19-20(22-14-13-21(19)30-22)17-31(28,29)16-18-10-6-4-7-11-18/h4-8,10-11,19-22,27H,9,12-17H2,1-3H3/t19-,20+,21-,22+/m0/s1. The minimum atomic E-state index is -3.22. The Balaban J connectivity index is 1.55. The number of carbonyl (C=O) groups is 1. The topological polar surface area (TPSA) is 83.9 Å². The van der Waals surface area contributed by atoms with E-state index in [-0.39, 0.29) is 41.5 Å². The summed E-state index contributed by atoms with van der Waals surface area (Å²) in [7, 11) is -1.87. The van der Waals surface area contributed by atoms with E-state index < -0.39 is 15.3 Å². The Morgan fingerprint density at radius 3 is 2.45 bits per heavy atom. The lowest BCUT2D eigenvalue weighted by molar-refractivity contribution is -0.169. The van der Waals surface area contributed by atoms with Crippen molar-refractivity contribution in [3.8, 4) is 0 Å². The molecule has 2 aliphatic rings. The molecule has 2 aliphatic heterocycles. The second-order valence-electron chi connectivity index (χ2n) is 9.62. The lowest BCUT2D eigenvalue weighted by atomic mass is 9.78. The molecule has 1 amide bonds. The SMILES string of the molecule is CN(O)C(=O)C(C)(C)CCC=CC[C@H]1[C@@H](CS(=O)(=O)Cc2ccccc2)[C@H]2CC[C@@H]1O2. The summed E-state index contributed by atoms with van der Waals surface area (Å²) in [4.78, 5) is 12.0.